The number of carbonyl (C=O) groups excluding carboxylic acids is 1. The van der Waals surface area contributed by atoms with E-state index in [0.29, 0.717) is 5.96 Å². The predicted octanol–water partition coefficient (Wildman–Crippen LogP) is 2.58. The lowest BCUT2D eigenvalue weighted by molar-refractivity contribution is -0.121. The summed E-state index contributed by atoms with van der Waals surface area (Å²) < 4.78 is 0. The number of hydrogen-bond donors (Lipinski definition) is 3. The van der Waals surface area contributed by atoms with Crippen molar-refractivity contribution in [2.75, 3.05) is 20.1 Å². The molecule has 0 atom stereocenters. The van der Waals surface area contributed by atoms with Crippen LogP contribution in [-0.4, -0.2) is 37.5 Å². The molecular formula is C20H32N4O. The molecule has 1 aliphatic rings. The van der Waals surface area contributed by atoms with Crippen molar-refractivity contribution in [1.29, 1.82) is 0 Å². The summed E-state index contributed by atoms with van der Waals surface area (Å²) in [7, 11) is 1.74. The van der Waals surface area contributed by atoms with Gasteiger partial charge in [-0.15, -0.1) is 0 Å². The van der Waals surface area contributed by atoms with Crippen LogP contribution in [0.2, 0.25) is 0 Å². The Balaban J connectivity index is 1.92. The Morgan fingerprint density at radius 3 is 2.32 bits per heavy atom. The fourth-order valence-electron chi connectivity index (χ4n) is 3.51. The van der Waals surface area contributed by atoms with E-state index in [1.165, 1.54) is 31.2 Å². The van der Waals surface area contributed by atoms with Crippen molar-refractivity contribution in [2.24, 2.45) is 4.99 Å². The second kappa shape index (κ2) is 8.37. The van der Waals surface area contributed by atoms with Crippen molar-refractivity contribution < 1.29 is 4.79 Å². The van der Waals surface area contributed by atoms with Gasteiger partial charge in [0.15, 0.2) is 5.96 Å². The van der Waals surface area contributed by atoms with Crippen LogP contribution >= 0.6 is 0 Å². The minimum atomic E-state index is -0.225. The van der Waals surface area contributed by atoms with Crippen molar-refractivity contribution >= 4 is 11.9 Å². The van der Waals surface area contributed by atoms with Crippen LogP contribution in [0.4, 0.5) is 0 Å². The Hall–Kier alpha value is -2.04. The summed E-state index contributed by atoms with van der Waals surface area (Å²) in [5, 5.41) is 9.48. The Bertz CT molecular complexity index is 583. The van der Waals surface area contributed by atoms with Crippen LogP contribution in [0.3, 0.4) is 0 Å². The fraction of sp³-hybridized carbons (Fsp3) is 0.600. The molecule has 0 unspecified atom stereocenters. The van der Waals surface area contributed by atoms with Gasteiger partial charge in [0, 0.05) is 24.5 Å². The third-order valence-corrected chi connectivity index (χ3v) is 4.70. The van der Waals surface area contributed by atoms with Gasteiger partial charge in [0.25, 0.3) is 0 Å². The molecule has 0 aromatic heterocycles. The Morgan fingerprint density at radius 1 is 1.12 bits per heavy atom. The standard InChI is InChI=1S/C20H32N4O/c1-19(2,3)24-17(25)14-22-18(21-4)23-15-20(12-8-9-13-20)16-10-6-5-7-11-16/h5-7,10-11H,8-9,12-15H2,1-4H3,(H,24,25)(H2,21,22,23). The highest BCUT2D eigenvalue weighted by Crippen LogP contribution is 2.40. The minimum Gasteiger partial charge on any atom is -0.356 e. The van der Waals surface area contributed by atoms with Crippen molar-refractivity contribution in [3.8, 4) is 0 Å². The summed E-state index contributed by atoms with van der Waals surface area (Å²) >= 11 is 0. The van der Waals surface area contributed by atoms with Crippen LogP contribution in [0.1, 0.15) is 52.0 Å². The summed E-state index contributed by atoms with van der Waals surface area (Å²) in [4.78, 5) is 16.2. The van der Waals surface area contributed by atoms with E-state index >= 15 is 0 Å². The zero-order chi connectivity index (χ0) is 18.3. The second-order valence-electron chi connectivity index (χ2n) is 7.93. The number of aliphatic imine (C=N–C) groups is 1. The minimum absolute atomic E-state index is 0.0333. The highest BCUT2D eigenvalue weighted by atomic mass is 16.2. The SMILES string of the molecule is CN=C(NCC(=O)NC(C)(C)C)NCC1(c2ccccc2)CCCC1. The summed E-state index contributed by atoms with van der Waals surface area (Å²) in [5.41, 5.74) is 1.32. The number of nitrogens with one attached hydrogen (secondary N) is 3. The number of benzene rings is 1. The van der Waals surface area contributed by atoms with Crippen LogP contribution in [0.5, 0.6) is 0 Å². The molecule has 0 bridgehead atoms. The Morgan fingerprint density at radius 2 is 1.76 bits per heavy atom. The van der Waals surface area contributed by atoms with E-state index in [1.54, 1.807) is 7.05 Å². The monoisotopic (exact) mass is 344 g/mol. The molecule has 0 saturated heterocycles. The van der Waals surface area contributed by atoms with Gasteiger partial charge in [-0.25, -0.2) is 0 Å². The topological polar surface area (TPSA) is 65.5 Å². The number of carbonyl (C=O) groups is 1. The number of rotatable bonds is 5. The van der Waals surface area contributed by atoms with Gasteiger partial charge < -0.3 is 16.0 Å². The fourth-order valence-corrected chi connectivity index (χ4v) is 3.51. The molecule has 0 heterocycles. The molecule has 3 N–H and O–H groups in total. The van der Waals surface area contributed by atoms with E-state index in [1.807, 2.05) is 20.8 Å². The molecule has 1 aromatic rings. The lowest BCUT2D eigenvalue weighted by atomic mass is 9.79. The van der Waals surface area contributed by atoms with Gasteiger partial charge in [0.2, 0.25) is 5.91 Å². The zero-order valence-electron chi connectivity index (χ0n) is 16.0. The molecule has 1 fully saturated rings. The molecule has 1 aliphatic carbocycles. The molecule has 1 aromatic carbocycles. The summed E-state index contributed by atoms with van der Waals surface area (Å²) in [6, 6.07) is 10.7. The zero-order valence-corrected chi connectivity index (χ0v) is 16.0. The van der Waals surface area contributed by atoms with Crippen molar-refractivity contribution in [1.82, 2.24) is 16.0 Å². The summed E-state index contributed by atoms with van der Waals surface area (Å²) in [6.07, 6.45) is 4.89. The Labute approximate surface area is 151 Å². The van der Waals surface area contributed by atoms with Gasteiger partial charge in [0.1, 0.15) is 0 Å². The molecule has 2 rings (SSSR count). The number of hydrogen-bond acceptors (Lipinski definition) is 2. The average molecular weight is 345 g/mol. The molecular weight excluding hydrogens is 312 g/mol. The maximum atomic E-state index is 12.0. The molecule has 25 heavy (non-hydrogen) atoms. The highest BCUT2D eigenvalue weighted by Gasteiger charge is 2.35. The number of guanidine groups is 1. The van der Waals surface area contributed by atoms with Gasteiger partial charge in [-0.05, 0) is 39.2 Å². The predicted molar refractivity (Wildman–Crippen MR) is 104 cm³/mol. The summed E-state index contributed by atoms with van der Waals surface area (Å²) in [5.74, 6) is 0.639. The molecule has 0 spiro atoms. The lowest BCUT2D eigenvalue weighted by Crippen LogP contribution is -2.50. The van der Waals surface area contributed by atoms with Crippen molar-refractivity contribution in [2.45, 2.75) is 57.4 Å². The highest BCUT2D eigenvalue weighted by molar-refractivity contribution is 5.86. The number of nitrogens with zero attached hydrogens (tertiary/aromatic N) is 1. The van der Waals surface area contributed by atoms with Gasteiger partial charge in [0.05, 0.1) is 6.54 Å². The maximum absolute atomic E-state index is 12.0. The van der Waals surface area contributed by atoms with E-state index in [-0.39, 0.29) is 23.4 Å². The van der Waals surface area contributed by atoms with E-state index < -0.39 is 0 Å². The van der Waals surface area contributed by atoms with Crippen LogP contribution in [-0.2, 0) is 10.2 Å². The third kappa shape index (κ3) is 5.76. The third-order valence-electron chi connectivity index (χ3n) is 4.70. The van der Waals surface area contributed by atoms with Crippen molar-refractivity contribution in [3.63, 3.8) is 0 Å². The second-order valence-corrected chi connectivity index (χ2v) is 7.93. The van der Waals surface area contributed by atoms with Crippen LogP contribution in [0.25, 0.3) is 0 Å². The molecule has 0 aliphatic heterocycles. The van der Waals surface area contributed by atoms with Gasteiger partial charge in [-0.3, -0.25) is 9.79 Å². The van der Waals surface area contributed by atoms with Crippen LogP contribution in [0.15, 0.2) is 35.3 Å². The van der Waals surface area contributed by atoms with Gasteiger partial charge >= 0.3 is 0 Å². The Kier molecular flexibility index (Phi) is 6.45. The average Bonchev–Trinajstić information content (AvgIpc) is 3.04. The maximum Gasteiger partial charge on any atom is 0.239 e. The van der Waals surface area contributed by atoms with Gasteiger partial charge in [-0.2, -0.15) is 0 Å². The van der Waals surface area contributed by atoms with Crippen LogP contribution < -0.4 is 16.0 Å². The van der Waals surface area contributed by atoms with Crippen LogP contribution in [0, 0.1) is 0 Å². The first-order valence-corrected chi connectivity index (χ1v) is 9.16. The molecule has 5 nitrogen and oxygen atoms in total. The first kappa shape index (κ1) is 19.3. The molecule has 138 valence electrons. The molecule has 5 heteroatoms. The normalized spacial score (nSPS) is 17.2. The molecule has 1 amide bonds. The van der Waals surface area contributed by atoms with E-state index in [0.717, 1.165) is 6.54 Å². The largest absolute Gasteiger partial charge is 0.356 e. The van der Waals surface area contributed by atoms with E-state index in [2.05, 4.69) is 51.3 Å². The number of amides is 1. The first-order chi connectivity index (χ1) is 11.8. The van der Waals surface area contributed by atoms with Crippen molar-refractivity contribution in [3.05, 3.63) is 35.9 Å². The lowest BCUT2D eigenvalue weighted by Gasteiger charge is -2.31. The van der Waals surface area contributed by atoms with E-state index in [9.17, 15) is 4.79 Å². The first-order valence-electron chi connectivity index (χ1n) is 9.16. The van der Waals surface area contributed by atoms with Gasteiger partial charge in [-0.1, -0.05) is 43.2 Å². The smallest absolute Gasteiger partial charge is 0.239 e. The summed E-state index contributed by atoms with van der Waals surface area (Å²) in [6.45, 7) is 6.97. The molecule has 1 saturated carbocycles. The molecule has 0 radical (unpaired) electrons. The quantitative estimate of drug-likeness (QED) is 0.568. The van der Waals surface area contributed by atoms with E-state index in [4.69, 9.17) is 0 Å².